The summed E-state index contributed by atoms with van der Waals surface area (Å²) >= 11 is 0. The normalized spacial score (nSPS) is 11.8. The quantitative estimate of drug-likeness (QED) is 0.603. The molecule has 1 aromatic heterocycles. The fraction of sp³-hybridized carbons (Fsp3) is 0.286. The SMILES string of the molecule is Cc1ccc(/C=C/c2nc3ccccc3n2CCC(C)C)cc1. The Morgan fingerprint density at radius 3 is 2.48 bits per heavy atom. The highest BCUT2D eigenvalue weighted by Gasteiger charge is 2.08. The summed E-state index contributed by atoms with van der Waals surface area (Å²) in [6.07, 6.45) is 5.43. The zero-order chi connectivity index (χ0) is 16.2. The molecule has 118 valence electrons. The molecule has 0 fully saturated rings. The first-order chi connectivity index (χ1) is 11.1. The number of para-hydroxylation sites is 2. The fourth-order valence-electron chi connectivity index (χ4n) is 2.69. The van der Waals surface area contributed by atoms with E-state index in [1.165, 1.54) is 16.6 Å². The third-order valence-corrected chi connectivity index (χ3v) is 4.12. The Hall–Kier alpha value is -2.35. The third kappa shape index (κ3) is 3.70. The van der Waals surface area contributed by atoms with Gasteiger partial charge in [0.2, 0.25) is 0 Å². The minimum atomic E-state index is 0.685. The van der Waals surface area contributed by atoms with Gasteiger partial charge in [-0.3, -0.25) is 0 Å². The van der Waals surface area contributed by atoms with Crippen molar-refractivity contribution in [3.63, 3.8) is 0 Å². The summed E-state index contributed by atoms with van der Waals surface area (Å²) in [4.78, 5) is 4.80. The van der Waals surface area contributed by atoms with Crippen LogP contribution in [0.4, 0.5) is 0 Å². The third-order valence-electron chi connectivity index (χ3n) is 4.12. The van der Waals surface area contributed by atoms with Crippen LogP contribution in [0.2, 0.25) is 0 Å². The lowest BCUT2D eigenvalue weighted by Gasteiger charge is -2.09. The van der Waals surface area contributed by atoms with Crippen LogP contribution in [0.1, 0.15) is 37.2 Å². The van der Waals surface area contributed by atoms with Gasteiger partial charge in [-0.2, -0.15) is 0 Å². The molecule has 0 bridgehead atoms. The van der Waals surface area contributed by atoms with Crippen LogP contribution in [-0.4, -0.2) is 9.55 Å². The number of rotatable bonds is 5. The first-order valence-electron chi connectivity index (χ1n) is 8.33. The van der Waals surface area contributed by atoms with E-state index >= 15 is 0 Å². The predicted octanol–water partition coefficient (Wildman–Crippen LogP) is 5.56. The maximum Gasteiger partial charge on any atom is 0.133 e. The predicted molar refractivity (Wildman–Crippen MR) is 99.3 cm³/mol. The second-order valence-corrected chi connectivity index (χ2v) is 6.54. The second-order valence-electron chi connectivity index (χ2n) is 6.54. The molecule has 0 aliphatic heterocycles. The summed E-state index contributed by atoms with van der Waals surface area (Å²) in [7, 11) is 0. The summed E-state index contributed by atoms with van der Waals surface area (Å²) in [5.74, 6) is 1.72. The number of hydrogen-bond acceptors (Lipinski definition) is 1. The van der Waals surface area contributed by atoms with Gasteiger partial charge in [-0.25, -0.2) is 4.98 Å². The summed E-state index contributed by atoms with van der Waals surface area (Å²) < 4.78 is 2.33. The Kier molecular flexibility index (Phi) is 4.61. The van der Waals surface area contributed by atoms with E-state index in [0.717, 1.165) is 24.3 Å². The van der Waals surface area contributed by atoms with Crippen molar-refractivity contribution < 1.29 is 0 Å². The van der Waals surface area contributed by atoms with E-state index in [2.05, 4.69) is 86.0 Å². The summed E-state index contributed by atoms with van der Waals surface area (Å²) in [6, 6.07) is 17.0. The molecule has 0 saturated carbocycles. The van der Waals surface area contributed by atoms with Crippen molar-refractivity contribution >= 4 is 23.2 Å². The molecule has 0 saturated heterocycles. The van der Waals surface area contributed by atoms with Crippen molar-refractivity contribution in [2.24, 2.45) is 5.92 Å². The highest BCUT2D eigenvalue weighted by molar-refractivity contribution is 5.79. The smallest absolute Gasteiger partial charge is 0.133 e. The van der Waals surface area contributed by atoms with Crippen molar-refractivity contribution in [1.82, 2.24) is 9.55 Å². The van der Waals surface area contributed by atoms with Gasteiger partial charge in [-0.1, -0.05) is 61.9 Å². The molecule has 0 N–H and O–H groups in total. The Balaban J connectivity index is 1.95. The van der Waals surface area contributed by atoms with Gasteiger partial charge in [0.25, 0.3) is 0 Å². The standard InChI is InChI=1S/C21H24N2/c1-16(2)14-15-23-20-7-5-4-6-19(20)22-21(23)13-12-18-10-8-17(3)9-11-18/h4-13,16H,14-15H2,1-3H3/b13-12+. The number of hydrogen-bond donors (Lipinski definition) is 0. The van der Waals surface area contributed by atoms with Crippen molar-refractivity contribution in [3.05, 3.63) is 65.5 Å². The van der Waals surface area contributed by atoms with E-state index < -0.39 is 0 Å². The van der Waals surface area contributed by atoms with E-state index in [0.29, 0.717) is 5.92 Å². The van der Waals surface area contributed by atoms with Crippen LogP contribution in [0.25, 0.3) is 23.2 Å². The van der Waals surface area contributed by atoms with E-state index in [-0.39, 0.29) is 0 Å². The molecule has 0 unspecified atom stereocenters. The van der Waals surface area contributed by atoms with Crippen LogP contribution in [0.15, 0.2) is 48.5 Å². The Labute approximate surface area is 138 Å². The average molecular weight is 304 g/mol. The maximum atomic E-state index is 4.80. The number of imidazole rings is 1. The van der Waals surface area contributed by atoms with Gasteiger partial charge < -0.3 is 4.57 Å². The van der Waals surface area contributed by atoms with Crippen LogP contribution in [0.3, 0.4) is 0 Å². The molecule has 3 rings (SSSR count). The van der Waals surface area contributed by atoms with E-state index in [4.69, 9.17) is 4.98 Å². The molecular weight excluding hydrogens is 280 g/mol. The van der Waals surface area contributed by atoms with Gasteiger partial charge in [-0.05, 0) is 43.0 Å². The number of aromatic nitrogens is 2. The van der Waals surface area contributed by atoms with Crippen molar-refractivity contribution in [1.29, 1.82) is 0 Å². The number of fused-ring (bicyclic) bond motifs is 1. The van der Waals surface area contributed by atoms with Gasteiger partial charge in [0.15, 0.2) is 0 Å². The van der Waals surface area contributed by atoms with E-state index in [1.807, 2.05) is 0 Å². The molecule has 0 aliphatic rings. The van der Waals surface area contributed by atoms with Crippen molar-refractivity contribution in [2.75, 3.05) is 0 Å². The zero-order valence-electron chi connectivity index (χ0n) is 14.2. The fourth-order valence-corrected chi connectivity index (χ4v) is 2.69. The Morgan fingerprint density at radius 1 is 1.00 bits per heavy atom. The van der Waals surface area contributed by atoms with Gasteiger partial charge in [0, 0.05) is 6.54 Å². The monoisotopic (exact) mass is 304 g/mol. The topological polar surface area (TPSA) is 17.8 Å². The summed E-state index contributed by atoms with van der Waals surface area (Å²) in [5.41, 5.74) is 4.78. The molecule has 2 aromatic carbocycles. The number of benzene rings is 2. The molecule has 2 heteroatoms. The lowest BCUT2D eigenvalue weighted by molar-refractivity contribution is 0.521. The molecule has 0 radical (unpaired) electrons. The van der Waals surface area contributed by atoms with Crippen molar-refractivity contribution in [2.45, 2.75) is 33.7 Å². The lowest BCUT2D eigenvalue weighted by atomic mass is 10.1. The first kappa shape index (κ1) is 15.5. The van der Waals surface area contributed by atoms with E-state index in [9.17, 15) is 0 Å². The zero-order valence-corrected chi connectivity index (χ0v) is 14.2. The van der Waals surface area contributed by atoms with Crippen LogP contribution in [0.5, 0.6) is 0 Å². The van der Waals surface area contributed by atoms with E-state index in [1.54, 1.807) is 0 Å². The molecule has 3 aromatic rings. The highest BCUT2D eigenvalue weighted by atomic mass is 15.1. The first-order valence-corrected chi connectivity index (χ1v) is 8.33. The number of nitrogens with zero attached hydrogens (tertiary/aromatic N) is 2. The second kappa shape index (κ2) is 6.82. The van der Waals surface area contributed by atoms with Gasteiger partial charge in [-0.15, -0.1) is 0 Å². The summed E-state index contributed by atoms with van der Waals surface area (Å²) in [5, 5.41) is 0. The van der Waals surface area contributed by atoms with Gasteiger partial charge in [0.1, 0.15) is 5.82 Å². The molecule has 23 heavy (non-hydrogen) atoms. The maximum absolute atomic E-state index is 4.80. The average Bonchev–Trinajstić information content (AvgIpc) is 2.90. The molecular formula is C21H24N2. The molecule has 0 spiro atoms. The minimum absolute atomic E-state index is 0.685. The molecule has 1 heterocycles. The van der Waals surface area contributed by atoms with Gasteiger partial charge in [0.05, 0.1) is 11.0 Å². The lowest BCUT2D eigenvalue weighted by Crippen LogP contribution is -2.03. The molecule has 2 nitrogen and oxygen atoms in total. The van der Waals surface area contributed by atoms with Crippen LogP contribution in [-0.2, 0) is 6.54 Å². The highest BCUT2D eigenvalue weighted by Crippen LogP contribution is 2.19. The summed E-state index contributed by atoms with van der Waals surface area (Å²) in [6.45, 7) is 7.65. The van der Waals surface area contributed by atoms with Crippen LogP contribution < -0.4 is 0 Å². The minimum Gasteiger partial charge on any atom is -0.324 e. The largest absolute Gasteiger partial charge is 0.324 e. The van der Waals surface area contributed by atoms with Gasteiger partial charge >= 0.3 is 0 Å². The molecule has 0 amide bonds. The van der Waals surface area contributed by atoms with Crippen molar-refractivity contribution in [3.8, 4) is 0 Å². The Morgan fingerprint density at radius 2 is 1.74 bits per heavy atom. The number of aryl methyl sites for hydroxylation is 2. The molecule has 0 aliphatic carbocycles. The Bertz CT molecular complexity index is 807. The van der Waals surface area contributed by atoms with Crippen LogP contribution >= 0.6 is 0 Å². The van der Waals surface area contributed by atoms with Crippen LogP contribution in [0, 0.1) is 12.8 Å². The molecule has 0 atom stereocenters.